The van der Waals surface area contributed by atoms with Crippen LogP contribution in [0, 0.1) is 13.8 Å². The average molecular weight is 207 g/mol. The molecular weight excluding hydrogens is 186 g/mol. The molecule has 1 aromatic rings. The predicted molar refractivity (Wildman–Crippen MR) is 63.9 cm³/mol. The van der Waals surface area contributed by atoms with Gasteiger partial charge < -0.3 is 10.4 Å². The minimum Gasteiger partial charge on any atom is -0.394 e. The normalized spacial score (nSPS) is 11.8. The summed E-state index contributed by atoms with van der Waals surface area (Å²) in [5.74, 6) is 0. The van der Waals surface area contributed by atoms with Crippen molar-refractivity contribution < 1.29 is 5.11 Å². The topological polar surface area (TPSA) is 32.3 Å². The van der Waals surface area contributed by atoms with E-state index in [-0.39, 0.29) is 12.1 Å². The molecule has 15 heavy (non-hydrogen) atoms. The third-order valence-corrected chi connectivity index (χ3v) is 2.78. The van der Waals surface area contributed by atoms with Gasteiger partial charge in [0.2, 0.25) is 0 Å². The number of nitrogens with one attached hydrogen (secondary N) is 1. The Kier molecular flexibility index (Phi) is 3.89. The van der Waals surface area contributed by atoms with Crippen molar-refractivity contribution in [2.75, 3.05) is 6.61 Å². The van der Waals surface area contributed by atoms with Gasteiger partial charge in [-0.15, -0.1) is 0 Å². The number of hydrogen-bond acceptors (Lipinski definition) is 2. The Morgan fingerprint density at radius 1 is 1.20 bits per heavy atom. The third-order valence-electron chi connectivity index (χ3n) is 2.78. The summed E-state index contributed by atoms with van der Waals surface area (Å²) in [6.07, 6.45) is 0. The Morgan fingerprint density at radius 2 is 1.73 bits per heavy atom. The summed E-state index contributed by atoms with van der Waals surface area (Å²) >= 11 is 0. The predicted octanol–water partition coefficient (Wildman–Crippen LogP) is 2.16. The minimum atomic E-state index is -0.214. The van der Waals surface area contributed by atoms with E-state index in [9.17, 15) is 0 Å². The summed E-state index contributed by atoms with van der Waals surface area (Å²) in [6, 6.07) is 6.32. The quantitative estimate of drug-likeness (QED) is 0.793. The molecule has 0 saturated carbocycles. The van der Waals surface area contributed by atoms with E-state index >= 15 is 0 Å². The first-order chi connectivity index (χ1) is 6.96. The molecule has 84 valence electrons. The van der Waals surface area contributed by atoms with Gasteiger partial charge in [-0.05, 0) is 44.4 Å². The average Bonchev–Trinajstić information content (AvgIpc) is 2.17. The Balaban J connectivity index is 2.73. The molecule has 2 heteroatoms. The molecule has 0 atom stereocenters. The van der Waals surface area contributed by atoms with Gasteiger partial charge in [-0.1, -0.05) is 18.2 Å². The summed E-state index contributed by atoms with van der Waals surface area (Å²) < 4.78 is 0. The second-order valence-electron chi connectivity index (χ2n) is 4.77. The van der Waals surface area contributed by atoms with Crippen molar-refractivity contribution in [1.82, 2.24) is 5.32 Å². The van der Waals surface area contributed by atoms with E-state index in [0.29, 0.717) is 0 Å². The summed E-state index contributed by atoms with van der Waals surface area (Å²) in [5, 5.41) is 12.5. The largest absolute Gasteiger partial charge is 0.394 e. The van der Waals surface area contributed by atoms with E-state index < -0.39 is 0 Å². The van der Waals surface area contributed by atoms with Crippen molar-refractivity contribution in [3.63, 3.8) is 0 Å². The van der Waals surface area contributed by atoms with Gasteiger partial charge in [0.15, 0.2) is 0 Å². The van der Waals surface area contributed by atoms with Crippen molar-refractivity contribution in [2.24, 2.45) is 0 Å². The lowest BCUT2D eigenvalue weighted by molar-refractivity contribution is 0.187. The summed E-state index contributed by atoms with van der Waals surface area (Å²) in [4.78, 5) is 0. The fourth-order valence-electron chi connectivity index (χ4n) is 1.51. The van der Waals surface area contributed by atoms with Crippen molar-refractivity contribution in [2.45, 2.75) is 39.8 Å². The molecule has 0 bridgehead atoms. The maximum Gasteiger partial charge on any atom is 0.0607 e. The highest BCUT2D eigenvalue weighted by Crippen LogP contribution is 2.14. The smallest absolute Gasteiger partial charge is 0.0607 e. The fraction of sp³-hybridized carbons (Fsp3) is 0.538. The molecule has 0 aliphatic rings. The standard InChI is InChI=1S/C13H21NO/c1-10-6-5-7-11(2)12(10)8-14-13(3,4)9-15/h5-7,14-15H,8-9H2,1-4H3. The van der Waals surface area contributed by atoms with Gasteiger partial charge in [0, 0.05) is 12.1 Å². The Bertz CT molecular complexity index is 311. The summed E-state index contributed by atoms with van der Waals surface area (Å²) in [7, 11) is 0. The molecule has 0 amide bonds. The van der Waals surface area contributed by atoms with Crippen LogP contribution in [0.5, 0.6) is 0 Å². The van der Waals surface area contributed by atoms with Gasteiger partial charge in [0.25, 0.3) is 0 Å². The van der Waals surface area contributed by atoms with Gasteiger partial charge in [0.1, 0.15) is 0 Å². The van der Waals surface area contributed by atoms with E-state index in [1.54, 1.807) is 0 Å². The van der Waals surface area contributed by atoms with E-state index in [1.165, 1.54) is 16.7 Å². The zero-order chi connectivity index (χ0) is 11.5. The maximum absolute atomic E-state index is 9.15. The van der Waals surface area contributed by atoms with Crippen LogP contribution in [0.15, 0.2) is 18.2 Å². The van der Waals surface area contributed by atoms with Crippen LogP contribution in [0.4, 0.5) is 0 Å². The first-order valence-electron chi connectivity index (χ1n) is 5.37. The van der Waals surface area contributed by atoms with Crippen LogP contribution in [0.3, 0.4) is 0 Å². The Hall–Kier alpha value is -0.860. The molecule has 0 aliphatic carbocycles. The molecule has 0 fully saturated rings. The minimum absolute atomic E-state index is 0.151. The molecule has 1 rings (SSSR count). The van der Waals surface area contributed by atoms with Crippen LogP contribution in [0.25, 0.3) is 0 Å². The number of aliphatic hydroxyl groups is 1. The number of hydrogen-bond donors (Lipinski definition) is 2. The summed E-state index contributed by atoms with van der Waals surface area (Å²) in [6.45, 7) is 9.21. The molecule has 0 heterocycles. The highest BCUT2D eigenvalue weighted by molar-refractivity contribution is 5.33. The van der Waals surface area contributed by atoms with Crippen LogP contribution in [-0.2, 0) is 6.54 Å². The Morgan fingerprint density at radius 3 is 2.20 bits per heavy atom. The van der Waals surface area contributed by atoms with E-state index in [4.69, 9.17) is 5.11 Å². The van der Waals surface area contributed by atoms with Crippen LogP contribution in [0.1, 0.15) is 30.5 Å². The zero-order valence-electron chi connectivity index (χ0n) is 10.1. The van der Waals surface area contributed by atoms with E-state index in [1.807, 2.05) is 13.8 Å². The third kappa shape index (κ3) is 3.33. The monoisotopic (exact) mass is 207 g/mol. The highest BCUT2D eigenvalue weighted by atomic mass is 16.3. The summed E-state index contributed by atoms with van der Waals surface area (Å²) in [5.41, 5.74) is 3.72. The van der Waals surface area contributed by atoms with Crippen LogP contribution in [-0.4, -0.2) is 17.3 Å². The molecule has 0 aliphatic heterocycles. The molecule has 0 spiro atoms. The number of rotatable bonds is 4. The molecule has 0 radical (unpaired) electrons. The number of aryl methyl sites for hydroxylation is 2. The van der Waals surface area contributed by atoms with Gasteiger partial charge in [-0.3, -0.25) is 0 Å². The molecular formula is C13H21NO. The highest BCUT2D eigenvalue weighted by Gasteiger charge is 2.15. The van der Waals surface area contributed by atoms with Gasteiger partial charge in [0.05, 0.1) is 6.61 Å². The maximum atomic E-state index is 9.15. The molecule has 0 aromatic heterocycles. The SMILES string of the molecule is Cc1cccc(C)c1CNC(C)(C)CO. The van der Waals surface area contributed by atoms with Gasteiger partial charge in [-0.2, -0.15) is 0 Å². The van der Waals surface area contributed by atoms with Crippen molar-refractivity contribution in [3.8, 4) is 0 Å². The van der Waals surface area contributed by atoms with Crippen LogP contribution in [0.2, 0.25) is 0 Å². The number of aliphatic hydroxyl groups excluding tert-OH is 1. The van der Waals surface area contributed by atoms with Gasteiger partial charge >= 0.3 is 0 Å². The zero-order valence-corrected chi connectivity index (χ0v) is 10.1. The first-order valence-corrected chi connectivity index (χ1v) is 5.37. The second kappa shape index (κ2) is 4.77. The van der Waals surface area contributed by atoms with Crippen molar-refractivity contribution >= 4 is 0 Å². The van der Waals surface area contributed by atoms with Crippen molar-refractivity contribution in [3.05, 3.63) is 34.9 Å². The number of benzene rings is 1. The van der Waals surface area contributed by atoms with E-state index in [2.05, 4.69) is 37.4 Å². The van der Waals surface area contributed by atoms with Crippen molar-refractivity contribution in [1.29, 1.82) is 0 Å². The molecule has 0 unspecified atom stereocenters. The first kappa shape index (κ1) is 12.2. The van der Waals surface area contributed by atoms with Crippen LogP contribution >= 0.6 is 0 Å². The van der Waals surface area contributed by atoms with E-state index in [0.717, 1.165) is 6.54 Å². The molecule has 1 aromatic carbocycles. The van der Waals surface area contributed by atoms with Gasteiger partial charge in [-0.25, -0.2) is 0 Å². The fourth-order valence-corrected chi connectivity index (χ4v) is 1.51. The molecule has 0 saturated heterocycles. The second-order valence-corrected chi connectivity index (χ2v) is 4.77. The molecule has 2 nitrogen and oxygen atoms in total. The lowest BCUT2D eigenvalue weighted by Gasteiger charge is -2.24. The lowest BCUT2D eigenvalue weighted by Crippen LogP contribution is -2.42. The van der Waals surface area contributed by atoms with Crippen LogP contribution < -0.4 is 5.32 Å². The Labute approximate surface area is 92.3 Å². The molecule has 2 N–H and O–H groups in total. The lowest BCUT2D eigenvalue weighted by atomic mass is 10.0.